The molecule has 4 aliphatic rings. The van der Waals surface area contributed by atoms with Gasteiger partial charge >= 0.3 is 12.2 Å². The number of para-hydroxylation sites is 1. The summed E-state index contributed by atoms with van der Waals surface area (Å²) < 4.78 is 47.8. The van der Waals surface area contributed by atoms with Crippen LogP contribution in [-0.2, 0) is 4.79 Å². The molecule has 6 rings (SSSR count). The van der Waals surface area contributed by atoms with E-state index in [0.717, 1.165) is 4.90 Å². The van der Waals surface area contributed by atoms with Gasteiger partial charge in [-0.2, -0.15) is 13.2 Å². The van der Waals surface area contributed by atoms with Crippen molar-refractivity contribution in [1.82, 2.24) is 25.0 Å². The third kappa shape index (κ3) is 5.09. The number of aromatic nitrogens is 1. The minimum absolute atomic E-state index is 0.0312. The molecule has 4 heterocycles. The number of rotatable bonds is 8. The lowest BCUT2D eigenvalue weighted by atomic mass is 10.0. The maximum absolute atomic E-state index is 14.0. The number of carbonyl (C=O) groups excluding carboxylic acids is 3. The van der Waals surface area contributed by atoms with Gasteiger partial charge in [-0.15, -0.1) is 0 Å². The van der Waals surface area contributed by atoms with Crippen LogP contribution < -0.4 is 15.0 Å². The van der Waals surface area contributed by atoms with Crippen LogP contribution in [0.15, 0.2) is 36.4 Å². The van der Waals surface area contributed by atoms with Gasteiger partial charge in [0.1, 0.15) is 11.3 Å². The lowest BCUT2D eigenvalue weighted by molar-refractivity contribution is -0.186. The Kier molecular flexibility index (Phi) is 7.61. The molecule has 1 N–H and O–H groups in total. The molecule has 3 atom stereocenters. The van der Waals surface area contributed by atoms with E-state index in [2.05, 4.69) is 5.32 Å². The Bertz CT molecular complexity index is 1460. The second kappa shape index (κ2) is 11.2. The van der Waals surface area contributed by atoms with Gasteiger partial charge in [-0.1, -0.05) is 19.1 Å². The van der Waals surface area contributed by atoms with Crippen molar-refractivity contribution in [3.05, 3.63) is 42.1 Å². The first-order valence-electron chi connectivity index (χ1n) is 15.2. The molecule has 44 heavy (non-hydrogen) atoms. The third-order valence-electron chi connectivity index (χ3n) is 9.34. The van der Waals surface area contributed by atoms with E-state index in [1.165, 1.54) is 0 Å². The van der Waals surface area contributed by atoms with Gasteiger partial charge in [0.2, 0.25) is 5.91 Å². The highest BCUT2D eigenvalue weighted by Crippen LogP contribution is 2.55. The summed E-state index contributed by atoms with van der Waals surface area (Å²) in [6, 6.07) is 9.36. The molecule has 0 spiro atoms. The molecule has 0 unspecified atom stereocenters. The Morgan fingerprint density at radius 2 is 1.80 bits per heavy atom. The fourth-order valence-electron chi connectivity index (χ4n) is 6.79. The number of anilines is 1. The Labute approximate surface area is 254 Å². The summed E-state index contributed by atoms with van der Waals surface area (Å²) in [5.74, 6) is 0.111. The Hall–Kier alpha value is -4.03. The van der Waals surface area contributed by atoms with Crippen molar-refractivity contribution in [2.75, 3.05) is 44.7 Å². The lowest BCUT2D eigenvalue weighted by Crippen LogP contribution is -2.58. The first-order chi connectivity index (χ1) is 21.0. The Balaban J connectivity index is 1.35. The van der Waals surface area contributed by atoms with Crippen molar-refractivity contribution in [3.8, 4) is 17.0 Å². The molecule has 3 aliphatic heterocycles. The van der Waals surface area contributed by atoms with E-state index in [4.69, 9.17) is 9.72 Å². The number of hydrogen-bond donors (Lipinski definition) is 1. The molecule has 3 saturated heterocycles. The van der Waals surface area contributed by atoms with Crippen molar-refractivity contribution in [1.29, 1.82) is 0 Å². The maximum Gasteiger partial charge on any atom is 0.411 e. The zero-order chi connectivity index (χ0) is 31.4. The van der Waals surface area contributed by atoms with Gasteiger partial charge in [-0.25, -0.2) is 9.78 Å². The zero-order valence-corrected chi connectivity index (χ0v) is 25.1. The number of ether oxygens (including phenoxy) is 1. The minimum atomic E-state index is -4.49. The number of halogens is 3. The predicted molar refractivity (Wildman–Crippen MR) is 156 cm³/mol. The molecular formula is C31H37F3N6O4. The summed E-state index contributed by atoms with van der Waals surface area (Å²) in [5, 5.41) is 2.97. The number of carbonyl (C=O) groups is 3. The van der Waals surface area contributed by atoms with E-state index in [1.807, 2.05) is 55.1 Å². The largest absolute Gasteiger partial charge is 0.493 e. The van der Waals surface area contributed by atoms with Gasteiger partial charge < -0.3 is 29.7 Å². The van der Waals surface area contributed by atoms with Crippen LogP contribution in [0.3, 0.4) is 0 Å². The van der Waals surface area contributed by atoms with E-state index in [0.29, 0.717) is 42.3 Å². The van der Waals surface area contributed by atoms with Crippen LogP contribution in [0.25, 0.3) is 11.3 Å². The Morgan fingerprint density at radius 1 is 1.05 bits per heavy atom. The summed E-state index contributed by atoms with van der Waals surface area (Å²) >= 11 is 0. The van der Waals surface area contributed by atoms with Crippen molar-refractivity contribution < 1.29 is 32.3 Å². The average Bonchev–Trinajstić information content (AvgIpc) is 3.68. The van der Waals surface area contributed by atoms with Crippen molar-refractivity contribution in [2.24, 2.45) is 0 Å². The number of urea groups is 1. The lowest BCUT2D eigenvalue weighted by Gasteiger charge is -2.44. The maximum atomic E-state index is 14.0. The molecular weight excluding hydrogens is 577 g/mol. The fourth-order valence-corrected chi connectivity index (χ4v) is 6.79. The van der Waals surface area contributed by atoms with Gasteiger partial charge in [0, 0.05) is 51.3 Å². The van der Waals surface area contributed by atoms with Crippen LogP contribution in [0.2, 0.25) is 0 Å². The summed E-state index contributed by atoms with van der Waals surface area (Å²) in [5.41, 5.74) is -0.161. The average molecular weight is 615 g/mol. The summed E-state index contributed by atoms with van der Waals surface area (Å²) in [4.78, 5) is 50.3. The number of pyridine rings is 1. The number of nitrogens with zero attached hydrogens (tertiary/aromatic N) is 5. The predicted octanol–water partition coefficient (Wildman–Crippen LogP) is 3.91. The molecule has 10 nitrogen and oxygen atoms in total. The zero-order valence-electron chi connectivity index (χ0n) is 25.1. The summed E-state index contributed by atoms with van der Waals surface area (Å²) in [7, 11) is 1.69. The van der Waals surface area contributed by atoms with Crippen molar-refractivity contribution >= 4 is 23.5 Å². The van der Waals surface area contributed by atoms with E-state index in [1.54, 1.807) is 16.8 Å². The molecule has 4 fully saturated rings. The van der Waals surface area contributed by atoms with Gasteiger partial charge in [-0.05, 0) is 50.5 Å². The molecule has 0 radical (unpaired) electrons. The van der Waals surface area contributed by atoms with E-state index < -0.39 is 29.7 Å². The highest BCUT2D eigenvalue weighted by molar-refractivity contribution is 5.99. The molecule has 1 aromatic heterocycles. The molecule has 4 amide bonds. The van der Waals surface area contributed by atoms with Crippen molar-refractivity contribution in [3.63, 3.8) is 0 Å². The van der Waals surface area contributed by atoms with Crippen LogP contribution in [0.5, 0.6) is 5.75 Å². The molecule has 1 aliphatic carbocycles. The number of piperazine rings is 1. The number of amides is 4. The smallest absolute Gasteiger partial charge is 0.411 e. The Morgan fingerprint density at radius 3 is 2.43 bits per heavy atom. The number of fused-ring (bicyclic) bond motifs is 1. The van der Waals surface area contributed by atoms with Gasteiger partial charge in [0.15, 0.2) is 5.69 Å². The summed E-state index contributed by atoms with van der Waals surface area (Å²) in [6.07, 6.45) is -3.87. The molecule has 2 aromatic rings. The minimum Gasteiger partial charge on any atom is -0.493 e. The van der Waals surface area contributed by atoms with Crippen LogP contribution in [-0.4, -0.2) is 107 Å². The number of likely N-dealkylation sites (N-methyl/N-ethyl adjacent to an activating group) is 1. The number of hydrogen-bond acceptors (Lipinski definition) is 6. The molecule has 13 heteroatoms. The number of likely N-dealkylation sites (tertiary alicyclic amines) is 1. The summed E-state index contributed by atoms with van der Waals surface area (Å²) in [6.45, 7) is 5.12. The van der Waals surface area contributed by atoms with Gasteiger partial charge in [-0.3, -0.25) is 9.59 Å². The molecule has 236 valence electrons. The molecule has 0 bridgehead atoms. The number of nitrogens with one attached hydrogen (secondary N) is 1. The van der Waals surface area contributed by atoms with E-state index in [-0.39, 0.29) is 62.6 Å². The van der Waals surface area contributed by atoms with Crippen LogP contribution >= 0.6 is 0 Å². The van der Waals surface area contributed by atoms with E-state index >= 15 is 0 Å². The number of benzene rings is 1. The van der Waals surface area contributed by atoms with Crippen molar-refractivity contribution in [2.45, 2.75) is 69.4 Å². The molecule has 1 saturated carbocycles. The monoisotopic (exact) mass is 614 g/mol. The second-order valence-corrected chi connectivity index (χ2v) is 12.1. The van der Waals surface area contributed by atoms with Crippen LogP contribution in [0.1, 0.15) is 50.0 Å². The van der Waals surface area contributed by atoms with Crippen LogP contribution in [0.4, 0.5) is 23.7 Å². The highest BCUT2D eigenvalue weighted by Gasteiger charge is 2.70. The quantitative estimate of drug-likeness (QED) is 0.485. The first-order valence-corrected chi connectivity index (χ1v) is 15.2. The fraction of sp³-hybridized carbons (Fsp3) is 0.548. The topological polar surface area (TPSA) is 98.3 Å². The standard InChI is InChI=1S/C31H37F3N6O4/c1-4-20-16-39-21(18-40(29(39)43)30(12-13-30)31(32,33)34)17-38(20)24-11-10-23(22-8-6-7-9-25(22)44-5-2)36-27(24)28(42)35-19-14-26(41)37(3)15-19/h6-11,19-21H,4-5,12-18H2,1-3H3,(H,35,42)/t19-,20-,21+/m1/s1. The second-order valence-electron chi connectivity index (χ2n) is 12.1. The number of alkyl halides is 3. The normalized spacial score (nSPS) is 24.5. The molecule has 1 aromatic carbocycles. The third-order valence-corrected chi connectivity index (χ3v) is 9.34. The SMILES string of the molecule is CCOc1ccccc1-c1ccc(N2C[C@H]3CN(C4(C(F)(F)F)CC4)C(=O)N3C[C@H]2CC)c(C(=O)N[C@@H]2CC(=O)N(C)C2)n1. The van der Waals surface area contributed by atoms with Gasteiger partial charge in [0.25, 0.3) is 5.91 Å². The first kappa shape index (κ1) is 30.0. The van der Waals surface area contributed by atoms with Crippen LogP contribution in [0, 0.1) is 0 Å². The van der Waals surface area contributed by atoms with Gasteiger partial charge in [0.05, 0.1) is 30.1 Å². The van der Waals surface area contributed by atoms with E-state index in [9.17, 15) is 27.6 Å². The highest BCUT2D eigenvalue weighted by atomic mass is 19.4.